The molecule has 1 saturated heterocycles. The lowest BCUT2D eigenvalue weighted by molar-refractivity contribution is 0.0922. The lowest BCUT2D eigenvalue weighted by Crippen LogP contribution is -2.45. The number of hydrogen-bond donors (Lipinski definition) is 1. The molecule has 36 heavy (non-hydrogen) atoms. The van der Waals surface area contributed by atoms with Gasteiger partial charge in [0.25, 0.3) is 5.91 Å². The van der Waals surface area contributed by atoms with Crippen LogP contribution in [0.4, 0.5) is 0 Å². The molecule has 2 fully saturated rings. The van der Waals surface area contributed by atoms with Crippen LogP contribution in [0.2, 0.25) is 0 Å². The third kappa shape index (κ3) is 5.73. The van der Waals surface area contributed by atoms with Crippen LogP contribution in [0.1, 0.15) is 60.7 Å². The highest BCUT2D eigenvalue weighted by Crippen LogP contribution is 2.38. The number of hydrogen-bond acceptors (Lipinski definition) is 5. The van der Waals surface area contributed by atoms with E-state index in [9.17, 15) is 4.79 Å². The zero-order chi connectivity index (χ0) is 24.9. The van der Waals surface area contributed by atoms with Crippen LogP contribution in [0.15, 0.2) is 47.1 Å². The summed E-state index contributed by atoms with van der Waals surface area (Å²) in [5.74, 6) is 0.910. The number of carbonyl (C=O) groups is 1. The van der Waals surface area contributed by atoms with Gasteiger partial charge in [-0.25, -0.2) is 4.98 Å². The molecule has 0 bridgehead atoms. The van der Waals surface area contributed by atoms with Gasteiger partial charge in [0.05, 0.1) is 12.0 Å². The zero-order valence-electron chi connectivity index (χ0n) is 21.7. The van der Waals surface area contributed by atoms with E-state index in [0.717, 1.165) is 68.9 Å². The van der Waals surface area contributed by atoms with Gasteiger partial charge >= 0.3 is 0 Å². The summed E-state index contributed by atoms with van der Waals surface area (Å²) in [5, 5.41) is 3.04. The minimum Gasteiger partial charge on any atom is -0.449 e. The summed E-state index contributed by atoms with van der Waals surface area (Å²) in [6.45, 7) is 8.18. The number of amides is 1. The molecule has 0 unspecified atom stereocenters. The van der Waals surface area contributed by atoms with E-state index in [2.05, 4.69) is 57.9 Å². The van der Waals surface area contributed by atoms with E-state index in [0.29, 0.717) is 24.1 Å². The highest BCUT2D eigenvalue weighted by atomic mass is 16.4. The molecule has 7 nitrogen and oxygen atoms in total. The van der Waals surface area contributed by atoms with E-state index >= 15 is 0 Å². The summed E-state index contributed by atoms with van der Waals surface area (Å²) in [5.41, 5.74) is 4.17. The van der Waals surface area contributed by atoms with Gasteiger partial charge in [-0.15, -0.1) is 0 Å². The van der Waals surface area contributed by atoms with Crippen molar-refractivity contribution in [2.45, 2.75) is 51.5 Å². The Morgan fingerprint density at radius 1 is 1.03 bits per heavy atom. The molecule has 5 rings (SSSR count). The maximum absolute atomic E-state index is 12.9. The number of nitrogens with zero attached hydrogens (tertiary/aromatic N) is 4. The fraction of sp³-hybridized carbons (Fsp3) is 0.517. The Morgan fingerprint density at radius 2 is 1.78 bits per heavy atom. The number of aryl methyl sites for hydroxylation is 1. The standard InChI is InChI=1S/C29H39N5O2/c1-22-9-11-23(12-10-22)27-28(34(21-31-27)24-7-4-3-5-8-24)25-13-14-26(36-25)29(35)30-15-6-16-33-19-17-32(2)18-20-33/h9-14,21,24H,3-8,15-20H2,1-2H3,(H,30,35). The monoisotopic (exact) mass is 489 g/mol. The molecule has 1 aromatic carbocycles. The number of piperazine rings is 1. The Balaban J connectivity index is 1.29. The van der Waals surface area contributed by atoms with Crippen LogP contribution in [-0.2, 0) is 0 Å². The van der Waals surface area contributed by atoms with Crippen molar-refractivity contribution in [2.24, 2.45) is 0 Å². The van der Waals surface area contributed by atoms with Crippen molar-refractivity contribution in [1.82, 2.24) is 24.7 Å². The van der Waals surface area contributed by atoms with E-state index < -0.39 is 0 Å². The van der Waals surface area contributed by atoms with Crippen LogP contribution in [-0.4, -0.2) is 71.6 Å². The van der Waals surface area contributed by atoms with Gasteiger partial charge in [0.15, 0.2) is 11.5 Å². The molecule has 0 radical (unpaired) electrons. The van der Waals surface area contributed by atoms with Crippen LogP contribution >= 0.6 is 0 Å². The summed E-state index contributed by atoms with van der Waals surface area (Å²) in [6.07, 6.45) is 8.97. The van der Waals surface area contributed by atoms with E-state index in [1.54, 1.807) is 6.07 Å². The minimum absolute atomic E-state index is 0.153. The van der Waals surface area contributed by atoms with Crippen molar-refractivity contribution in [3.63, 3.8) is 0 Å². The molecular formula is C29H39N5O2. The molecule has 7 heteroatoms. The Morgan fingerprint density at radius 3 is 2.53 bits per heavy atom. The van der Waals surface area contributed by atoms with Crippen molar-refractivity contribution in [3.8, 4) is 22.7 Å². The molecule has 1 aliphatic heterocycles. The van der Waals surface area contributed by atoms with Crippen LogP contribution in [0, 0.1) is 6.92 Å². The summed E-state index contributed by atoms with van der Waals surface area (Å²) < 4.78 is 8.46. The molecule has 1 N–H and O–H groups in total. The van der Waals surface area contributed by atoms with Crippen LogP contribution in [0.25, 0.3) is 22.7 Å². The topological polar surface area (TPSA) is 66.5 Å². The van der Waals surface area contributed by atoms with E-state index in [1.165, 1.54) is 24.8 Å². The smallest absolute Gasteiger partial charge is 0.287 e. The number of nitrogens with one attached hydrogen (secondary N) is 1. The molecule has 1 amide bonds. The van der Waals surface area contributed by atoms with Crippen molar-refractivity contribution < 1.29 is 9.21 Å². The second kappa shape index (κ2) is 11.4. The first-order chi connectivity index (χ1) is 17.6. The number of rotatable bonds is 8. The van der Waals surface area contributed by atoms with Crippen molar-refractivity contribution in [3.05, 3.63) is 54.0 Å². The van der Waals surface area contributed by atoms with Crippen LogP contribution in [0.3, 0.4) is 0 Å². The van der Waals surface area contributed by atoms with Crippen LogP contribution in [0.5, 0.6) is 0 Å². The maximum atomic E-state index is 12.9. The lowest BCUT2D eigenvalue weighted by atomic mass is 9.95. The van der Waals surface area contributed by atoms with E-state index in [4.69, 9.17) is 9.40 Å². The highest BCUT2D eigenvalue weighted by Gasteiger charge is 2.25. The number of benzene rings is 1. The second-order valence-electron chi connectivity index (χ2n) is 10.4. The van der Waals surface area contributed by atoms with Gasteiger partial charge in [0.1, 0.15) is 5.69 Å². The highest BCUT2D eigenvalue weighted by molar-refractivity contribution is 5.92. The van der Waals surface area contributed by atoms with Gasteiger partial charge in [0, 0.05) is 44.3 Å². The first-order valence-electron chi connectivity index (χ1n) is 13.5. The van der Waals surface area contributed by atoms with Gasteiger partial charge in [-0.3, -0.25) is 4.79 Å². The molecular weight excluding hydrogens is 450 g/mol. The van der Waals surface area contributed by atoms with Gasteiger partial charge in [0.2, 0.25) is 0 Å². The van der Waals surface area contributed by atoms with Crippen LogP contribution < -0.4 is 5.32 Å². The van der Waals surface area contributed by atoms with Crippen molar-refractivity contribution >= 4 is 5.91 Å². The Bertz CT molecular complexity index is 1130. The molecule has 2 aromatic heterocycles. The normalized spacial score (nSPS) is 17.9. The first kappa shape index (κ1) is 24.8. The number of likely N-dealkylation sites (N-methyl/N-ethyl adjacent to an activating group) is 1. The Labute approximate surface area is 214 Å². The van der Waals surface area contributed by atoms with Gasteiger partial charge in [-0.2, -0.15) is 0 Å². The largest absolute Gasteiger partial charge is 0.449 e. The summed E-state index contributed by atoms with van der Waals surface area (Å²) in [4.78, 5) is 22.5. The minimum atomic E-state index is -0.153. The predicted octanol–water partition coefficient (Wildman–Crippen LogP) is 4.99. The SMILES string of the molecule is Cc1ccc(-c2ncn(C3CCCCC3)c2-c2ccc(C(=O)NCCCN3CCN(C)CC3)o2)cc1. The number of carbonyl (C=O) groups excluding carboxylic acids is 1. The third-order valence-corrected chi connectivity index (χ3v) is 7.68. The molecule has 0 spiro atoms. The number of aromatic nitrogens is 2. The fourth-order valence-electron chi connectivity index (χ4n) is 5.41. The summed E-state index contributed by atoms with van der Waals surface area (Å²) in [6, 6.07) is 12.6. The molecule has 3 heterocycles. The van der Waals surface area contributed by atoms with Gasteiger partial charge in [-0.1, -0.05) is 49.1 Å². The number of imidazole rings is 1. The molecule has 2 aliphatic rings. The Hall–Kier alpha value is -2.90. The molecule has 1 saturated carbocycles. The first-order valence-corrected chi connectivity index (χ1v) is 13.5. The molecule has 1 aliphatic carbocycles. The zero-order valence-corrected chi connectivity index (χ0v) is 21.7. The molecule has 3 aromatic rings. The second-order valence-corrected chi connectivity index (χ2v) is 10.4. The number of furan rings is 1. The molecule has 0 atom stereocenters. The predicted molar refractivity (Wildman–Crippen MR) is 143 cm³/mol. The van der Waals surface area contributed by atoms with Crippen molar-refractivity contribution in [1.29, 1.82) is 0 Å². The fourth-order valence-corrected chi connectivity index (χ4v) is 5.41. The van der Waals surface area contributed by atoms with E-state index in [-0.39, 0.29) is 5.91 Å². The van der Waals surface area contributed by atoms with Crippen molar-refractivity contribution in [2.75, 3.05) is 46.3 Å². The maximum Gasteiger partial charge on any atom is 0.287 e. The summed E-state index contributed by atoms with van der Waals surface area (Å²) >= 11 is 0. The Kier molecular flexibility index (Phi) is 7.87. The van der Waals surface area contributed by atoms with E-state index in [1.807, 2.05) is 12.4 Å². The quantitative estimate of drug-likeness (QED) is 0.452. The average molecular weight is 490 g/mol. The summed E-state index contributed by atoms with van der Waals surface area (Å²) in [7, 11) is 2.17. The third-order valence-electron chi connectivity index (χ3n) is 7.68. The lowest BCUT2D eigenvalue weighted by Gasteiger charge is -2.32. The average Bonchev–Trinajstić information content (AvgIpc) is 3.56. The van der Waals surface area contributed by atoms with Gasteiger partial charge < -0.3 is 24.1 Å². The van der Waals surface area contributed by atoms with Gasteiger partial charge in [-0.05, 0) is 51.9 Å². The molecule has 192 valence electrons.